The highest BCUT2D eigenvalue weighted by molar-refractivity contribution is 5.84. The van der Waals surface area contributed by atoms with E-state index in [1.807, 2.05) is 24.1 Å². The molecule has 1 atom stereocenters. The first-order chi connectivity index (χ1) is 10.3. The maximum absolute atomic E-state index is 4.61. The summed E-state index contributed by atoms with van der Waals surface area (Å²) in [5.74, 6) is 0. The molecule has 0 bridgehead atoms. The maximum atomic E-state index is 4.61. The van der Waals surface area contributed by atoms with E-state index >= 15 is 0 Å². The molecule has 2 heterocycles. The van der Waals surface area contributed by atoms with E-state index in [2.05, 4.69) is 58.9 Å². The molecule has 2 aromatic heterocycles. The second-order valence-corrected chi connectivity index (χ2v) is 5.17. The first-order valence-electron chi connectivity index (χ1n) is 7.34. The van der Waals surface area contributed by atoms with Crippen molar-refractivity contribution in [1.29, 1.82) is 0 Å². The van der Waals surface area contributed by atoms with Gasteiger partial charge in [-0.05, 0) is 37.4 Å². The molecule has 0 radical (unpaired) electrons. The Hall–Kier alpha value is -2.20. The number of nitrogens with zero attached hydrogens (tertiary/aromatic N) is 3. The fourth-order valence-electron chi connectivity index (χ4n) is 2.68. The third-order valence-electron chi connectivity index (χ3n) is 3.83. The van der Waals surface area contributed by atoms with Crippen molar-refractivity contribution in [3.8, 4) is 0 Å². The quantitative estimate of drug-likeness (QED) is 0.781. The van der Waals surface area contributed by atoms with Crippen molar-refractivity contribution < 1.29 is 0 Å². The molecule has 0 aliphatic heterocycles. The minimum absolute atomic E-state index is 0.186. The number of pyridine rings is 1. The van der Waals surface area contributed by atoms with Gasteiger partial charge in [-0.1, -0.05) is 24.3 Å². The Morgan fingerprint density at radius 2 is 2.10 bits per heavy atom. The van der Waals surface area contributed by atoms with Crippen molar-refractivity contribution in [3.05, 3.63) is 60.2 Å². The van der Waals surface area contributed by atoms with Gasteiger partial charge in [0.1, 0.15) is 0 Å². The predicted molar refractivity (Wildman–Crippen MR) is 85.1 cm³/mol. The summed E-state index contributed by atoms with van der Waals surface area (Å²) in [6, 6.07) is 10.6. The van der Waals surface area contributed by atoms with Gasteiger partial charge in [-0.25, -0.2) is 0 Å². The summed E-state index contributed by atoms with van der Waals surface area (Å²) in [6.45, 7) is 3.00. The fourth-order valence-corrected chi connectivity index (χ4v) is 2.68. The molecule has 1 aromatic carbocycles. The van der Waals surface area contributed by atoms with Gasteiger partial charge in [0.15, 0.2) is 0 Å². The van der Waals surface area contributed by atoms with E-state index < -0.39 is 0 Å². The number of hydrogen-bond acceptors (Lipinski definition) is 3. The summed E-state index contributed by atoms with van der Waals surface area (Å²) in [4.78, 5) is 4.61. The summed E-state index contributed by atoms with van der Waals surface area (Å²) >= 11 is 0. The number of nitrogens with one attached hydrogen (secondary N) is 1. The molecule has 21 heavy (non-hydrogen) atoms. The number of aryl methyl sites for hydroxylation is 1. The van der Waals surface area contributed by atoms with E-state index in [4.69, 9.17) is 0 Å². The van der Waals surface area contributed by atoms with Crippen LogP contribution in [0.25, 0.3) is 10.8 Å². The normalized spacial score (nSPS) is 12.7. The Bertz CT molecular complexity index is 727. The van der Waals surface area contributed by atoms with E-state index in [0.29, 0.717) is 0 Å². The molecular weight excluding hydrogens is 260 g/mol. The molecule has 0 spiro atoms. The lowest BCUT2D eigenvalue weighted by molar-refractivity contribution is 0.580. The average molecular weight is 280 g/mol. The Balaban J connectivity index is 1.94. The highest BCUT2D eigenvalue weighted by atomic mass is 15.3. The highest BCUT2D eigenvalue weighted by Gasteiger charge is 2.15. The zero-order chi connectivity index (χ0) is 14.7. The Morgan fingerprint density at radius 3 is 2.86 bits per heavy atom. The molecule has 3 aromatic rings. The largest absolute Gasteiger partial charge is 0.311 e. The second kappa shape index (κ2) is 6.06. The maximum Gasteiger partial charge on any atom is 0.0654 e. The fraction of sp³-hybridized carbons (Fsp3) is 0.294. The van der Waals surface area contributed by atoms with Gasteiger partial charge in [-0.3, -0.25) is 9.67 Å². The molecule has 3 rings (SSSR count). The second-order valence-electron chi connectivity index (χ2n) is 5.17. The first-order valence-corrected chi connectivity index (χ1v) is 7.34. The van der Waals surface area contributed by atoms with Crippen molar-refractivity contribution in [2.75, 3.05) is 7.05 Å². The monoisotopic (exact) mass is 280 g/mol. The molecule has 0 saturated carbocycles. The van der Waals surface area contributed by atoms with Crippen molar-refractivity contribution >= 4 is 10.8 Å². The average Bonchev–Trinajstić information content (AvgIpc) is 3.00. The molecule has 0 aliphatic carbocycles. The van der Waals surface area contributed by atoms with Crippen LogP contribution >= 0.6 is 0 Å². The first kappa shape index (κ1) is 13.8. The van der Waals surface area contributed by atoms with Crippen LogP contribution in [0.1, 0.15) is 24.2 Å². The zero-order valence-corrected chi connectivity index (χ0v) is 12.5. The summed E-state index contributed by atoms with van der Waals surface area (Å²) in [5.41, 5.74) is 2.32. The van der Waals surface area contributed by atoms with Crippen LogP contribution in [0.3, 0.4) is 0 Å². The summed E-state index contributed by atoms with van der Waals surface area (Å²) in [5, 5.41) is 10.2. The van der Waals surface area contributed by atoms with Crippen molar-refractivity contribution in [2.45, 2.75) is 25.9 Å². The van der Waals surface area contributed by atoms with E-state index in [1.54, 1.807) is 0 Å². The van der Waals surface area contributed by atoms with Crippen LogP contribution < -0.4 is 5.32 Å². The molecule has 4 heteroatoms. The van der Waals surface area contributed by atoms with Crippen molar-refractivity contribution in [3.63, 3.8) is 0 Å². The van der Waals surface area contributed by atoms with Gasteiger partial charge in [-0.15, -0.1) is 0 Å². The van der Waals surface area contributed by atoms with E-state index in [1.165, 1.54) is 16.3 Å². The molecule has 0 aliphatic rings. The molecule has 1 N–H and O–H groups in total. The molecule has 4 nitrogen and oxygen atoms in total. The van der Waals surface area contributed by atoms with Gasteiger partial charge in [0.25, 0.3) is 0 Å². The summed E-state index contributed by atoms with van der Waals surface area (Å²) in [6.07, 6.45) is 6.82. The zero-order valence-electron chi connectivity index (χ0n) is 12.5. The van der Waals surface area contributed by atoms with Gasteiger partial charge in [0, 0.05) is 24.3 Å². The number of hydrogen-bond donors (Lipinski definition) is 1. The Kier molecular flexibility index (Phi) is 3.97. The van der Waals surface area contributed by atoms with Gasteiger partial charge >= 0.3 is 0 Å². The standard InChI is InChI=1S/C17H20N4/c1-3-21-12-13(11-20-21)10-16(18-2)17-15-7-5-4-6-14(15)8-9-19-17/h4-9,11-12,16,18H,3,10H2,1-2H3. The molecular formula is C17H20N4. The molecule has 0 amide bonds. The predicted octanol–water partition coefficient (Wildman–Crippen LogP) is 2.95. The van der Waals surface area contributed by atoms with Crippen molar-refractivity contribution in [1.82, 2.24) is 20.1 Å². The Labute approximate surface area is 124 Å². The smallest absolute Gasteiger partial charge is 0.0654 e. The minimum atomic E-state index is 0.186. The van der Waals surface area contributed by atoms with E-state index in [-0.39, 0.29) is 6.04 Å². The Morgan fingerprint density at radius 1 is 1.24 bits per heavy atom. The van der Waals surface area contributed by atoms with Crippen LogP contribution in [0.5, 0.6) is 0 Å². The summed E-state index contributed by atoms with van der Waals surface area (Å²) < 4.78 is 1.96. The van der Waals surface area contributed by atoms with Crippen LogP contribution in [0.2, 0.25) is 0 Å². The molecule has 0 saturated heterocycles. The number of aromatic nitrogens is 3. The summed E-state index contributed by atoms with van der Waals surface area (Å²) in [7, 11) is 1.98. The molecule has 1 unspecified atom stereocenters. The topological polar surface area (TPSA) is 42.7 Å². The molecule has 0 fully saturated rings. The minimum Gasteiger partial charge on any atom is -0.311 e. The highest BCUT2D eigenvalue weighted by Crippen LogP contribution is 2.24. The number of fused-ring (bicyclic) bond motifs is 1. The third kappa shape index (κ3) is 2.81. The number of benzene rings is 1. The number of rotatable bonds is 5. The third-order valence-corrected chi connectivity index (χ3v) is 3.83. The van der Waals surface area contributed by atoms with Gasteiger partial charge < -0.3 is 5.32 Å². The van der Waals surface area contributed by atoms with Crippen LogP contribution in [0.15, 0.2) is 48.9 Å². The lowest BCUT2D eigenvalue weighted by Gasteiger charge is -2.16. The van der Waals surface area contributed by atoms with Gasteiger partial charge in [-0.2, -0.15) is 5.10 Å². The number of likely N-dealkylation sites (N-methyl/N-ethyl adjacent to an activating group) is 1. The van der Waals surface area contributed by atoms with Crippen LogP contribution in [0.4, 0.5) is 0 Å². The van der Waals surface area contributed by atoms with Gasteiger partial charge in [0.2, 0.25) is 0 Å². The van der Waals surface area contributed by atoms with Crippen LogP contribution in [-0.4, -0.2) is 21.8 Å². The van der Waals surface area contributed by atoms with Crippen molar-refractivity contribution in [2.24, 2.45) is 0 Å². The molecule has 108 valence electrons. The SMILES string of the molecule is CCn1cc(CC(NC)c2nccc3ccccc23)cn1. The van der Waals surface area contributed by atoms with Crippen LogP contribution in [0, 0.1) is 0 Å². The lowest BCUT2D eigenvalue weighted by Crippen LogP contribution is -2.20. The van der Waals surface area contributed by atoms with E-state index in [0.717, 1.165) is 18.7 Å². The van der Waals surface area contributed by atoms with Crippen LogP contribution in [-0.2, 0) is 13.0 Å². The van der Waals surface area contributed by atoms with Gasteiger partial charge in [0.05, 0.1) is 17.9 Å². The van der Waals surface area contributed by atoms with E-state index in [9.17, 15) is 0 Å². The lowest BCUT2D eigenvalue weighted by atomic mass is 10.0.